The molecule has 7 aromatic carbocycles. The molecule has 8 saturated carbocycles. The standard InChI is InChI=1S/C29H29Cl.C22H25N.C7H8.C6H4ClI/c30-27-12-8-25(9-13-27)28(23-4-2-1-3-5-23)24-6-10-26(11-7-24)29-17-20-14-21(18-29)16-22(15-20)19-29;1-2-4-20(5-3-1)23-21-8-6-19(7-9-21)22-13-16-10-17(14-22)12-18(11-16)15-22;1-7-5-3-2-4-6-7;7-5-1-3-6(8)4-2-5/h1-13,20-22,28H,14-19H2;1-9,16-18,23H,10-15H2;2-6H,1H3;1-4H. The number of aryl methyl sites for hydroxylation is 1. The predicted molar refractivity (Wildman–Crippen MR) is 296 cm³/mol. The lowest BCUT2D eigenvalue weighted by Crippen LogP contribution is -2.48. The topological polar surface area (TPSA) is 12.0 Å². The molecule has 348 valence electrons. The van der Waals surface area contributed by atoms with Crippen LogP contribution >= 0.6 is 45.8 Å². The van der Waals surface area contributed by atoms with Crippen molar-refractivity contribution in [3.8, 4) is 0 Å². The summed E-state index contributed by atoms with van der Waals surface area (Å²) >= 11 is 14.0. The fourth-order valence-electron chi connectivity index (χ4n) is 14.4. The Kier molecular flexibility index (Phi) is 14.8. The summed E-state index contributed by atoms with van der Waals surface area (Å²) < 4.78 is 1.21. The summed E-state index contributed by atoms with van der Waals surface area (Å²) in [6, 6.07) is 66.7. The molecule has 15 rings (SSSR count). The second-order valence-corrected chi connectivity index (χ2v) is 23.7. The molecule has 1 unspecified atom stereocenters. The molecule has 8 bridgehead atoms. The molecule has 0 amide bonds. The van der Waals surface area contributed by atoms with E-state index in [9.17, 15) is 0 Å². The summed E-state index contributed by atoms with van der Waals surface area (Å²) in [5.74, 6) is 6.26. The van der Waals surface area contributed by atoms with Crippen LogP contribution in [0.25, 0.3) is 0 Å². The lowest BCUT2D eigenvalue weighted by atomic mass is 9.48. The Hall–Kier alpha value is -4.35. The minimum atomic E-state index is 0.244. The highest BCUT2D eigenvalue weighted by atomic mass is 127. The number of para-hydroxylation sites is 1. The maximum absolute atomic E-state index is 6.18. The van der Waals surface area contributed by atoms with Gasteiger partial charge >= 0.3 is 0 Å². The fraction of sp³-hybridized carbons (Fsp3) is 0.344. The van der Waals surface area contributed by atoms with Crippen LogP contribution in [0.2, 0.25) is 10.0 Å². The number of rotatable bonds is 7. The number of benzene rings is 7. The smallest absolute Gasteiger partial charge is 0.0406 e. The van der Waals surface area contributed by atoms with Crippen LogP contribution in [0.4, 0.5) is 11.4 Å². The first-order chi connectivity index (χ1) is 33.2. The first-order valence-electron chi connectivity index (χ1n) is 25.4. The molecular weight excluding hydrogens is 981 g/mol. The van der Waals surface area contributed by atoms with Crippen molar-refractivity contribution in [3.63, 3.8) is 0 Å². The molecule has 8 aliphatic carbocycles. The van der Waals surface area contributed by atoms with E-state index in [0.29, 0.717) is 10.8 Å². The van der Waals surface area contributed by atoms with Crippen LogP contribution in [-0.4, -0.2) is 0 Å². The second kappa shape index (κ2) is 21.3. The Balaban J connectivity index is 0.000000124. The van der Waals surface area contributed by atoms with Crippen molar-refractivity contribution >= 4 is 57.2 Å². The first kappa shape index (κ1) is 47.3. The molecule has 0 radical (unpaired) electrons. The van der Waals surface area contributed by atoms with E-state index < -0.39 is 0 Å². The zero-order chi connectivity index (χ0) is 46.5. The number of anilines is 2. The lowest BCUT2D eigenvalue weighted by molar-refractivity contribution is -0.00531. The monoisotopic (exact) mass is 1050 g/mol. The van der Waals surface area contributed by atoms with E-state index in [0.717, 1.165) is 51.2 Å². The van der Waals surface area contributed by atoms with E-state index in [1.807, 2.05) is 54.6 Å². The van der Waals surface area contributed by atoms with Crippen molar-refractivity contribution in [3.05, 3.63) is 235 Å². The number of hydrogen-bond donors (Lipinski definition) is 1. The molecule has 68 heavy (non-hydrogen) atoms. The maximum atomic E-state index is 6.18. The van der Waals surface area contributed by atoms with Crippen LogP contribution in [0.5, 0.6) is 0 Å². The first-order valence-corrected chi connectivity index (χ1v) is 27.3. The lowest BCUT2D eigenvalue weighted by Gasteiger charge is -2.57. The van der Waals surface area contributed by atoms with Crippen molar-refractivity contribution in [1.82, 2.24) is 0 Å². The summed E-state index contributed by atoms with van der Waals surface area (Å²) in [6.45, 7) is 2.08. The van der Waals surface area contributed by atoms with E-state index >= 15 is 0 Å². The van der Waals surface area contributed by atoms with E-state index in [4.69, 9.17) is 23.2 Å². The maximum Gasteiger partial charge on any atom is 0.0406 e. The van der Waals surface area contributed by atoms with E-state index in [1.54, 1.807) is 11.1 Å². The fourth-order valence-corrected chi connectivity index (χ4v) is 15.0. The van der Waals surface area contributed by atoms with Crippen LogP contribution in [0, 0.1) is 46.0 Å². The largest absolute Gasteiger partial charge is 0.356 e. The van der Waals surface area contributed by atoms with Crippen molar-refractivity contribution in [2.45, 2.75) is 101 Å². The van der Waals surface area contributed by atoms with Crippen LogP contribution in [0.1, 0.15) is 116 Å². The molecule has 0 spiro atoms. The van der Waals surface area contributed by atoms with Gasteiger partial charge in [-0.2, -0.15) is 0 Å². The zero-order valence-corrected chi connectivity index (χ0v) is 43.2. The van der Waals surface area contributed by atoms with Crippen LogP contribution in [0.15, 0.2) is 188 Å². The molecule has 0 aliphatic heterocycles. The Morgan fingerprint density at radius 2 is 0.721 bits per heavy atom. The molecule has 8 fully saturated rings. The number of halogens is 3. The van der Waals surface area contributed by atoms with Gasteiger partial charge in [-0.05, 0) is 241 Å². The van der Waals surface area contributed by atoms with Gasteiger partial charge in [0.15, 0.2) is 0 Å². The van der Waals surface area contributed by atoms with Crippen molar-refractivity contribution in [1.29, 1.82) is 0 Å². The normalized spacial score (nSPS) is 27.1. The number of hydrogen-bond acceptors (Lipinski definition) is 1. The molecule has 7 aromatic rings. The minimum absolute atomic E-state index is 0.244. The van der Waals surface area contributed by atoms with Gasteiger partial charge in [-0.3, -0.25) is 0 Å². The van der Waals surface area contributed by atoms with Crippen molar-refractivity contribution < 1.29 is 0 Å². The molecule has 1 nitrogen and oxygen atoms in total. The summed E-state index contributed by atoms with van der Waals surface area (Å²) in [7, 11) is 0. The van der Waals surface area contributed by atoms with Crippen LogP contribution in [-0.2, 0) is 10.8 Å². The van der Waals surface area contributed by atoms with Crippen LogP contribution < -0.4 is 5.32 Å². The molecule has 1 atom stereocenters. The Bertz CT molecular complexity index is 2570. The highest BCUT2D eigenvalue weighted by Gasteiger charge is 2.52. The average molecular weight is 1050 g/mol. The molecule has 8 aliphatic rings. The minimum Gasteiger partial charge on any atom is -0.356 e. The molecule has 0 aromatic heterocycles. The zero-order valence-electron chi connectivity index (χ0n) is 39.6. The second-order valence-electron chi connectivity index (χ2n) is 21.6. The quantitative estimate of drug-likeness (QED) is 0.124. The summed E-state index contributed by atoms with van der Waals surface area (Å²) in [5.41, 5.74) is 11.9. The Labute approximate surface area is 430 Å². The molecule has 4 heteroatoms. The third-order valence-corrected chi connectivity index (χ3v) is 17.8. The number of nitrogens with one attached hydrogen (secondary N) is 1. The summed E-state index contributed by atoms with van der Waals surface area (Å²) in [5, 5.41) is 5.10. The van der Waals surface area contributed by atoms with Gasteiger partial charge in [0.05, 0.1) is 0 Å². The van der Waals surface area contributed by atoms with Gasteiger partial charge in [-0.25, -0.2) is 0 Å². The third-order valence-electron chi connectivity index (χ3n) is 16.6. The van der Waals surface area contributed by atoms with E-state index in [1.165, 1.54) is 109 Å². The molecular formula is C64H66Cl2IN. The van der Waals surface area contributed by atoms with Gasteiger partial charge < -0.3 is 5.32 Å². The van der Waals surface area contributed by atoms with Crippen molar-refractivity contribution in [2.24, 2.45) is 35.5 Å². The van der Waals surface area contributed by atoms with Crippen LogP contribution in [0.3, 0.4) is 0 Å². The average Bonchev–Trinajstić information content (AvgIpc) is 3.34. The van der Waals surface area contributed by atoms with Crippen molar-refractivity contribution in [2.75, 3.05) is 5.32 Å². The van der Waals surface area contributed by atoms with Gasteiger partial charge in [0.25, 0.3) is 0 Å². The summed E-state index contributed by atoms with van der Waals surface area (Å²) in [6.07, 6.45) is 17.7. The van der Waals surface area contributed by atoms with Gasteiger partial charge in [0.2, 0.25) is 0 Å². The SMILES string of the molecule is Cc1ccccc1.Clc1ccc(C(c2ccccc2)c2ccc(C34CC5CC(CC(C5)C3)C4)cc2)cc1.Clc1ccc(I)cc1.c1ccc(Nc2ccc(C34CC5CC(CC(C5)C3)C4)cc2)cc1. The predicted octanol–water partition coefficient (Wildman–Crippen LogP) is 18.8. The Morgan fingerprint density at radius 1 is 0.397 bits per heavy atom. The summed E-state index contributed by atoms with van der Waals surface area (Å²) in [4.78, 5) is 0. The Morgan fingerprint density at radius 3 is 1.10 bits per heavy atom. The third kappa shape index (κ3) is 11.3. The van der Waals surface area contributed by atoms with Gasteiger partial charge in [-0.15, -0.1) is 0 Å². The van der Waals surface area contributed by atoms with Gasteiger partial charge in [-0.1, -0.05) is 156 Å². The highest BCUT2D eigenvalue weighted by molar-refractivity contribution is 14.1. The van der Waals surface area contributed by atoms with Gasteiger partial charge in [0.1, 0.15) is 0 Å². The van der Waals surface area contributed by atoms with E-state index in [2.05, 4.69) is 168 Å². The molecule has 0 heterocycles. The molecule has 0 saturated heterocycles. The molecule has 1 N–H and O–H groups in total. The van der Waals surface area contributed by atoms with E-state index in [-0.39, 0.29) is 5.92 Å². The van der Waals surface area contributed by atoms with Gasteiger partial charge in [0, 0.05) is 30.9 Å². The highest BCUT2D eigenvalue weighted by Crippen LogP contribution is 2.62.